The predicted octanol–water partition coefficient (Wildman–Crippen LogP) is 3.00. The average molecular weight is 333 g/mol. The normalized spacial score (nSPS) is 15.9. The third kappa shape index (κ3) is 2.19. The minimum atomic E-state index is 0.380. The highest BCUT2D eigenvalue weighted by atomic mass is 15.3. The van der Waals surface area contributed by atoms with Gasteiger partial charge < -0.3 is 5.73 Å². The van der Waals surface area contributed by atoms with Gasteiger partial charge in [0.25, 0.3) is 0 Å². The van der Waals surface area contributed by atoms with E-state index in [4.69, 9.17) is 10.8 Å². The quantitative estimate of drug-likeness (QED) is 0.623. The Morgan fingerprint density at radius 2 is 2.08 bits per heavy atom. The van der Waals surface area contributed by atoms with Crippen LogP contribution in [0.4, 0.5) is 5.82 Å². The molecule has 1 fully saturated rings. The van der Waals surface area contributed by atoms with E-state index in [0.29, 0.717) is 17.5 Å². The zero-order valence-corrected chi connectivity index (χ0v) is 14.2. The number of hydrogen-bond acceptors (Lipinski definition) is 5. The minimum Gasteiger partial charge on any atom is -0.381 e. The van der Waals surface area contributed by atoms with Gasteiger partial charge in [0.15, 0.2) is 11.5 Å². The van der Waals surface area contributed by atoms with Crippen molar-refractivity contribution >= 4 is 22.4 Å². The smallest absolute Gasteiger partial charge is 0.197 e. The van der Waals surface area contributed by atoms with Crippen molar-refractivity contribution in [3.8, 4) is 11.3 Å². The lowest BCUT2D eigenvalue weighted by molar-refractivity contribution is 0.443. The summed E-state index contributed by atoms with van der Waals surface area (Å²) in [6.45, 7) is 4.35. The van der Waals surface area contributed by atoms with Crippen molar-refractivity contribution in [1.82, 2.24) is 29.4 Å². The lowest BCUT2D eigenvalue weighted by atomic mass is 10.1. The molecular weight excluding hydrogens is 314 g/mol. The summed E-state index contributed by atoms with van der Waals surface area (Å²) in [5.74, 6) is 1.15. The standard InChI is InChI=1S/C18H19N7/c1-10-5-13(15-7-20-18-17(19)21-9-22-25(15)18)6-14-8-24(23-16(10)14)11(2)12-3-4-12/h5-9,11-12H,3-4H2,1-2H3,(H2,19,21,22). The van der Waals surface area contributed by atoms with E-state index in [9.17, 15) is 0 Å². The number of nitrogen functional groups attached to an aromatic ring is 1. The van der Waals surface area contributed by atoms with E-state index in [2.05, 4.69) is 51.9 Å². The molecule has 0 saturated heterocycles. The Morgan fingerprint density at radius 1 is 1.24 bits per heavy atom. The summed E-state index contributed by atoms with van der Waals surface area (Å²) in [6, 6.07) is 4.73. The number of nitrogens with two attached hydrogens (primary N) is 1. The summed E-state index contributed by atoms with van der Waals surface area (Å²) < 4.78 is 3.86. The van der Waals surface area contributed by atoms with Gasteiger partial charge in [-0.1, -0.05) is 0 Å². The number of rotatable bonds is 3. The Labute approximate surface area is 144 Å². The maximum atomic E-state index is 5.89. The maximum absolute atomic E-state index is 5.89. The molecule has 3 aromatic heterocycles. The minimum absolute atomic E-state index is 0.380. The van der Waals surface area contributed by atoms with Gasteiger partial charge in [-0.15, -0.1) is 0 Å². The van der Waals surface area contributed by atoms with Gasteiger partial charge in [-0.2, -0.15) is 10.2 Å². The number of nitrogens with zero attached hydrogens (tertiary/aromatic N) is 6. The second kappa shape index (κ2) is 5.02. The van der Waals surface area contributed by atoms with Crippen molar-refractivity contribution in [3.05, 3.63) is 36.4 Å². The molecule has 3 heterocycles. The number of anilines is 1. The van der Waals surface area contributed by atoms with Crippen LogP contribution in [0.3, 0.4) is 0 Å². The average Bonchev–Trinajstić information content (AvgIpc) is 3.19. The largest absolute Gasteiger partial charge is 0.381 e. The number of aryl methyl sites for hydroxylation is 1. The highest BCUT2D eigenvalue weighted by molar-refractivity contribution is 5.87. The van der Waals surface area contributed by atoms with Gasteiger partial charge in [0.2, 0.25) is 0 Å². The molecule has 4 aromatic rings. The zero-order valence-electron chi connectivity index (χ0n) is 14.2. The van der Waals surface area contributed by atoms with Crippen LogP contribution in [0.25, 0.3) is 27.8 Å². The topological polar surface area (TPSA) is 86.9 Å². The fourth-order valence-corrected chi connectivity index (χ4v) is 3.51. The van der Waals surface area contributed by atoms with Crippen LogP contribution < -0.4 is 5.73 Å². The van der Waals surface area contributed by atoms with Crippen LogP contribution in [-0.2, 0) is 0 Å². The molecular formula is C18H19N7. The van der Waals surface area contributed by atoms with E-state index in [1.807, 2.05) is 0 Å². The number of fused-ring (bicyclic) bond motifs is 2. The Morgan fingerprint density at radius 3 is 2.88 bits per heavy atom. The van der Waals surface area contributed by atoms with Crippen molar-refractivity contribution < 1.29 is 0 Å². The van der Waals surface area contributed by atoms with Crippen molar-refractivity contribution in [2.75, 3.05) is 5.73 Å². The number of benzene rings is 1. The number of hydrogen-bond donors (Lipinski definition) is 1. The van der Waals surface area contributed by atoms with E-state index < -0.39 is 0 Å². The van der Waals surface area contributed by atoms with Gasteiger partial charge >= 0.3 is 0 Å². The van der Waals surface area contributed by atoms with E-state index in [1.165, 1.54) is 19.2 Å². The first-order chi connectivity index (χ1) is 12.1. The second-order valence-corrected chi connectivity index (χ2v) is 6.94. The summed E-state index contributed by atoms with van der Waals surface area (Å²) >= 11 is 0. The van der Waals surface area contributed by atoms with Gasteiger partial charge in [0.1, 0.15) is 6.33 Å². The molecule has 1 aliphatic carbocycles. The first-order valence-corrected chi connectivity index (χ1v) is 8.56. The molecule has 126 valence electrons. The zero-order chi connectivity index (χ0) is 17.1. The molecule has 0 bridgehead atoms. The Balaban J connectivity index is 1.67. The van der Waals surface area contributed by atoms with Crippen LogP contribution in [0.5, 0.6) is 0 Å². The highest BCUT2D eigenvalue weighted by Crippen LogP contribution is 2.40. The van der Waals surface area contributed by atoms with Crippen LogP contribution in [0, 0.1) is 12.8 Å². The molecule has 0 spiro atoms. The number of aromatic nitrogens is 6. The van der Waals surface area contributed by atoms with Gasteiger partial charge in [-0.3, -0.25) is 4.68 Å². The van der Waals surface area contributed by atoms with Gasteiger partial charge in [0.05, 0.1) is 23.4 Å². The van der Waals surface area contributed by atoms with Crippen LogP contribution in [-0.4, -0.2) is 29.4 Å². The molecule has 0 radical (unpaired) electrons. The Hall–Kier alpha value is -2.96. The third-order valence-corrected chi connectivity index (χ3v) is 5.17. The van der Waals surface area contributed by atoms with Gasteiger partial charge in [0, 0.05) is 17.1 Å². The molecule has 5 rings (SSSR count). The van der Waals surface area contributed by atoms with Crippen LogP contribution in [0.15, 0.2) is 30.9 Å². The molecule has 1 aliphatic rings. The summed E-state index contributed by atoms with van der Waals surface area (Å²) in [6.07, 6.45) is 8.02. The van der Waals surface area contributed by atoms with Crippen LogP contribution >= 0.6 is 0 Å². The van der Waals surface area contributed by atoms with Crippen molar-refractivity contribution in [2.45, 2.75) is 32.7 Å². The molecule has 0 amide bonds. The van der Waals surface area contributed by atoms with Crippen molar-refractivity contribution in [2.24, 2.45) is 5.92 Å². The first kappa shape index (κ1) is 14.4. The molecule has 25 heavy (non-hydrogen) atoms. The first-order valence-electron chi connectivity index (χ1n) is 8.56. The third-order valence-electron chi connectivity index (χ3n) is 5.17. The monoisotopic (exact) mass is 333 g/mol. The molecule has 1 atom stereocenters. The summed E-state index contributed by atoms with van der Waals surface area (Å²) in [4.78, 5) is 8.36. The molecule has 1 aromatic carbocycles. The Kier molecular flexibility index (Phi) is 2.89. The van der Waals surface area contributed by atoms with Crippen molar-refractivity contribution in [3.63, 3.8) is 0 Å². The van der Waals surface area contributed by atoms with Crippen molar-refractivity contribution in [1.29, 1.82) is 0 Å². The molecule has 0 aliphatic heterocycles. The van der Waals surface area contributed by atoms with E-state index in [0.717, 1.165) is 33.6 Å². The SMILES string of the molecule is Cc1cc(-c2cnc3c(N)ncnn23)cc2cn(C(C)C3CC3)nc12. The van der Waals surface area contributed by atoms with Crippen LogP contribution in [0.2, 0.25) is 0 Å². The van der Waals surface area contributed by atoms with E-state index in [1.54, 1.807) is 10.7 Å². The molecule has 7 nitrogen and oxygen atoms in total. The fourth-order valence-electron chi connectivity index (χ4n) is 3.51. The molecule has 7 heteroatoms. The van der Waals surface area contributed by atoms with E-state index in [-0.39, 0.29) is 0 Å². The summed E-state index contributed by atoms with van der Waals surface area (Å²) in [5.41, 5.74) is 10.6. The van der Waals surface area contributed by atoms with E-state index >= 15 is 0 Å². The molecule has 1 unspecified atom stereocenters. The lowest BCUT2D eigenvalue weighted by Crippen LogP contribution is -2.07. The highest BCUT2D eigenvalue weighted by Gasteiger charge is 2.29. The van der Waals surface area contributed by atoms with Gasteiger partial charge in [-0.05, 0) is 50.3 Å². The second-order valence-electron chi connectivity index (χ2n) is 6.94. The number of imidazole rings is 1. The predicted molar refractivity (Wildman–Crippen MR) is 96.1 cm³/mol. The Bertz CT molecular complexity index is 1100. The lowest BCUT2D eigenvalue weighted by Gasteiger charge is -2.09. The van der Waals surface area contributed by atoms with Gasteiger partial charge in [-0.25, -0.2) is 14.5 Å². The molecule has 2 N–H and O–H groups in total. The fraction of sp³-hybridized carbons (Fsp3) is 0.333. The maximum Gasteiger partial charge on any atom is 0.197 e. The summed E-state index contributed by atoms with van der Waals surface area (Å²) in [5, 5.41) is 10.3. The molecule has 1 saturated carbocycles. The summed E-state index contributed by atoms with van der Waals surface area (Å²) in [7, 11) is 0. The van der Waals surface area contributed by atoms with Crippen LogP contribution in [0.1, 0.15) is 31.4 Å².